The minimum atomic E-state index is -1.20. The van der Waals surface area contributed by atoms with Crippen LogP contribution >= 0.6 is 11.6 Å². The van der Waals surface area contributed by atoms with Crippen molar-refractivity contribution >= 4 is 35.1 Å². The number of rotatable bonds is 11. The Bertz CT molecular complexity index is 1060. The average Bonchev–Trinajstić information content (AvgIpc) is 3.42. The number of hydrogen-bond donors (Lipinski definition) is 1. The molecular formula is C27H33ClN2O6. The molecule has 0 aliphatic carbocycles. The van der Waals surface area contributed by atoms with Gasteiger partial charge in [-0.3, -0.25) is 14.4 Å². The number of amides is 2. The molecule has 36 heavy (non-hydrogen) atoms. The first kappa shape index (κ1) is 26.4. The molecule has 4 rings (SSSR count). The van der Waals surface area contributed by atoms with Crippen molar-refractivity contribution in [1.82, 2.24) is 4.90 Å². The van der Waals surface area contributed by atoms with Crippen LogP contribution in [0, 0.1) is 11.8 Å². The van der Waals surface area contributed by atoms with Crippen molar-refractivity contribution in [2.75, 3.05) is 31.2 Å². The van der Waals surface area contributed by atoms with Gasteiger partial charge in [-0.2, -0.15) is 0 Å². The van der Waals surface area contributed by atoms with Crippen LogP contribution in [0.1, 0.15) is 32.6 Å². The molecule has 1 spiro atoms. The molecule has 9 heteroatoms. The number of fused-ring (bicyclic) bond motifs is 1. The van der Waals surface area contributed by atoms with Gasteiger partial charge in [0.2, 0.25) is 5.91 Å². The van der Waals surface area contributed by atoms with Crippen molar-refractivity contribution in [2.24, 2.45) is 11.8 Å². The number of nitrogens with zero attached hydrogens (tertiary/aromatic N) is 2. The summed E-state index contributed by atoms with van der Waals surface area (Å²) in [5.41, 5.74) is -1.64. The molecule has 8 nitrogen and oxygen atoms in total. The van der Waals surface area contributed by atoms with E-state index in [9.17, 15) is 19.5 Å². The van der Waals surface area contributed by atoms with Gasteiger partial charge >= 0.3 is 5.97 Å². The summed E-state index contributed by atoms with van der Waals surface area (Å²) < 4.78 is 12.1. The second kappa shape index (κ2) is 10.4. The van der Waals surface area contributed by atoms with E-state index in [2.05, 4.69) is 13.2 Å². The van der Waals surface area contributed by atoms with Gasteiger partial charge in [-0.05, 0) is 44.7 Å². The first-order chi connectivity index (χ1) is 17.3. The minimum absolute atomic E-state index is 0.0564. The predicted octanol–water partition coefficient (Wildman–Crippen LogP) is 3.13. The van der Waals surface area contributed by atoms with E-state index in [4.69, 9.17) is 21.1 Å². The Hall–Kier alpha value is -2.68. The number of carbonyl (C=O) groups is 3. The van der Waals surface area contributed by atoms with Crippen LogP contribution in [-0.4, -0.2) is 71.3 Å². The molecule has 194 valence electrons. The van der Waals surface area contributed by atoms with E-state index < -0.39 is 41.0 Å². The molecule has 0 radical (unpaired) electrons. The van der Waals surface area contributed by atoms with Crippen molar-refractivity contribution in [3.05, 3.63) is 54.6 Å². The molecule has 2 amide bonds. The molecule has 2 unspecified atom stereocenters. The van der Waals surface area contributed by atoms with E-state index in [1.165, 1.54) is 9.80 Å². The fourth-order valence-electron chi connectivity index (χ4n) is 6.16. The second-order valence-corrected chi connectivity index (χ2v) is 10.2. The number of allylic oxidation sites excluding steroid dienone is 1. The van der Waals surface area contributed by atoms with Gasteiger partial charge in [0.1, 0.15) is 17.6 Å². The van der Waals surface area contributed by atoms with Crippen LogP contribution in [0.15, 0.2) is 49.6 Å². The highest BCUT2D eigenvalue weighted by Gasteiger charge is 2.78. The summed E-state index contributed by atoms with van der Waals surface area (Å²) in [6.07, 6.45) is 5.62. The normalized spacial score (nSPS) is 30.2. The fraction of sp³-hybridized carbons (Fsp3) is 0.519. The molecule has 1 aromatic carbocycles. The Morgan fingerprint density at radius 2 is 2.06 bits per heavy atom. The summed E-state index contributed by atoms with van der Waals surface area (Å²) in [5.74, 6) is -2.98. The smallest absolute Gasteiger partial charge is 0.312 e. The Kier molecular flexibility index (Phi) is 7.59. The third-order valence-electron chi connectivity index (χ3n) is 7.62. The molecule has 1 aromatic rings. The quantitative estimate of drug-likeness (QED) is 0.276. The summed E-state index contributed by atoms with van der Waals surface area (Å²) in [6.45, 7) is 9.25. The minimum Gasteiger partial charge on any atom is -0.465 e. The number of β-amino-alcohol motifs (C(OH)–C–C–N with tert-alkyl or cyclic N) is 1. The number of aliphatic hydroxyl groups is 1. The number of esters is 1. The molecule has 0 aromatic heterocycles. The first-order valence-corrected chi connectivity index (χ1v) is 12.7. The zero-order valence-electron chi connectivity index (χ0n) is 20.5. The van der Waals surface area contributed by atoms with Crippen molar-refractivity contribution < 1.29 is 29.0 Å². The van der Waals surface area contributed by atoms with Crippen LogP contribution in [0.25, 0.3) is 0 Å². The monoisotopic (exact) mass is 516 g/mol. The van der Waals surface area contributed by atoms with Crippen LogP contribution in [0.4, 0.5) is 5.69 Å². The number of carbonyl (C=O) groups excluding carboxylic acids is 3. The highest BCUT2D eigenvalue weighted by molar-refractivity contribution is 6.34. The molecule has 5 atom stereocenters. The van der Waals surface area contributed by atoms with Crippen LogP contribution in [0.5, 0.6) is 0 Å². The largest absolute Gasteiger partial charge is 0.465 e. The summed E-state index contributed by atoms with van der Waals surface area (Å²) >= 11 is 6.43. The molecule has 3 heterocycles. The second-order valence-electron chi connectivity index (χ2n) is 9.77. The van der Waals surface area contributed by atoms with E-state index in [0.717, 1.165) is 0 Å². The van der Waals surface area contributed by atoms with Gasteiger partial charge in [-0.15, -0.1) is 13.2 Å². The summed E-state index contributed by atoms with van der Waals surface area (Å²) in [6, 6.07) is 5.92. The standard InChI is InChI=1S/C27H33ClN2O6/c1-4-6-9-17-35-25(34)21-20-23(32)30(15-16-31)22(27(20)13-12-26(21,3)36-27)24(33)29(14-5-2)19-11-8-7-10-18(19)28/h4-5,7-8,10-11,20-22,31H,1-2,6,9,12-17H2,3H3/t20-,21-,22?,26+,27?/m0/s1. The van der Waals surface area contributed by atoms with Gasteiger partial charge in [0.05, 0.1) is 35.4 Å². The van der Waals surface area contributed by atoms with Crippen LogP contribution in [0.2, 0.25) is 5.02 Å². The van der Waals surface area contributed by atoms with Gasteiger partial charge in [-0.25, -0.2) is 0 Å². The number of hydrogen-bond acceptors (Lipinski definition) is 6. The third kappa shape index (κ3) is 4.15. The highest BCUT2D eigenvalue weighted by atomic mass is 35.5. The van der Waals surface area contributed by atoms with E-state index in [-0.39, 0.29) is 32.2 Å². The molecular weight excluding hydrogens is 484 g/mol. The molecule has 3 fully saturated rings. The van der Waals surface area contributed by atoms with Gasteiger partial charge in [0.25, 0.3) is 5.91 Å². The number of benzene rings is 1. The maximum atomic E-state index is 14.2. The van der Waals surface area contributed by atoms with Gasteiger partial charge in [-0.1, -0.05) is 35.9 Å². The number of unbranched alkanes of at least 4 members (excludes halogenated alkanes) is 1. The van der Waals surface area contributed by atoms with Gasteiger partial charge in [0.15, 0.2) is 0 Å². The molecule has 3 aliphatic heterocycles. The van der Waals surface area contributed by atoms with Crippen LogP contribution < -0.4 is 4.90 Å². The van der Waals surface area contributed by atoms with Crippen molar-refractivity contribution in [2.45, 2.75) is 49.9 Å². The van der Waals surface area contributed by atoms with Crippen LogP contribution in [-0.2, 0) is 23.9 Å². The Labute approximate surface area is 216 Å². The Morgan fingerprint density at radius 1 is 1.31 bits per heavy atom. The lowest BCUT2D eigenvalue weighted by molar-refractivity contribution is -0.159. The van der Waals surface area contributed by atoms with Crippen molar-refractivity contribution in [3.8, 4) is 0 Å². The number of anilines is 1. The number of aliphatic hydroxyl groups excluding tert-OH is 1. The lowest BCUT2D eigenvalue weighted by atomic mass is 9.66. The first-order valence-electron chi connectivity index (χ1n) is 12.3. The lowest BCUT2D eigenvalue weighted by Crippen LogP contribution is -2.57. The molecule has 3 aliphatic rings. The van der Waals surface area contributed by atoms with E-state index in [1.807, 2.05) is 6.92 Å². The summed E-state index contributed by atoms with van der Waals surface area (Å²) in [7, 11) is 0. The maximum absolute atomic E-state index is 14.2. The predicted molar refractivity (Wildman–Crippen MR) is 135 cm³/mol. The number of likely N-dealkylation sites (tertiary alicyclic amines) is 1. The summed E-state index contributed by atoms with van der Waals surface area (Å²) in [4.78, 5) is 44.1. The SMILES string of the molecule is C=CCCCOC(=O)[C@@H]1[C@H]2C(=O)N(CCO)C(C(=O)N(CC=C)c3ccccc3Cl)C23CC[C@@]1(C)O3. The lowest BCUT2D eigenvalue weighted by Gasteiger charge is -2.36. The number of ether oxygens (including phenoxy) is 2. The maximum Gasteiger partial charge on any atom is 0.312 e. The zero-order chi connectivity index (χ0) is 26.1. The van der Waals surface area contributed by atoms with Crippen LogP contribution in [0.3, 0.4) is 0 Å². The number of para-hydroxylation sites is 1. The topological polar surface area (TPSA) is 96.4 Å². The van der Waals surface area contributed by atoms with Crippen molar-refractivity contribution in [3.63, 3.8) is 0 Å². The van der Waals surface area contributed by atoms with Gasteiger partial charge < -0.3 is 24.4 Å². The fourth-order valence-corrected chi connectivity index (χ4v) is 6.39. The molecule has 2 bridgehead atoms. The molecule has 3 saturated heterocycles. The molecule has 1 N–H and O–H groups in total. The van der Waals surface area contributed by atoms with E-state index in [1.54, 1.807) is 36.4 Å². The Morgan fingerprint density at radius 3 is 2.72 bits per heavy atom. The Balaban J connectivity index is 1.72. The zero-order valence-corrected chi connectivity index (χ0v) is 21.3. The summed E-state index contributed by atoms with van der Waals surface area (Å²) in [5, 5.41) is 10.2. The number of halogens is 1. The third-order valence-corrected chi connectivity index (χ3v) is 7.94. The van der Waals surface area contributed by atoms with E-state index in [0.29, 0.717) is 36.4 Å². The van der Waals surface area contributed by atoms with Crippen molar-refractivity contribution in [1.29, 1.82) is 0 Å². The molecule has 0 saturated carbocycles. The van der Waals surface area contributed by atoms with Gasteiger partial charge in [0, 0.05) is 13.1 Å². The van der Waals surface area contributed by atoms with E-state index >= 15 is 0 Å². The average molecular weight is 517 g/mol. The highest BCUT2D eigenvalue weighted by Crippen LogP contribution is 2.63.